The number of piperidine rings is 1. The van der Waals surface area contributed by atoms with E-state index in [1.54, 1.807) is 0 Å². The highest BCUT2D eigenvalue weighted by Gasteiger charge is 2.45. The Hall–Kier alpha value is 0.110. The Kier molecular flexibility index (Phi) is 3.75. The quantitative estimate of drug-likeness (QED) is 0.668. The summed E-state index contributed by atoms with van der Waals surface area (Å²) < 4.78 is 26.4. The summed E-state index contributed by atoms with van der Waals surface area (Å²) >= 11 is 0. The van der Waals surface area contributed by atoms with Gasteiger partial charge in [-0.05, 0) is 12.8 Å². The van der Waals surface area contributed by atoms with Gasteiger partial charge in [-0.3, -0.25) is 0 Å². The Balaban J connectivity index is 0.000000980. The molecule has 4 heteroatoms. The minimum Gasteiger partial charge on any atom is -0.311 e. The van der Waals surface area contributed by atoms with Crippen LogP contribution in [0.3, 0.4) is 0 Å². The molecule has 1 aliphatic carbocycles. The van der Waals surface area contributed by atoms with Gasteiger partial charge in [0.1, 0.15) is 0 Å². The third kappa shape index (κ3) is 2.57. The van der Waals surface area contributed by atoms with Gasteiger partial charge in [-0.25, -0.2) is 8.78 Å². The molecule has 0 amide bonds. The van der Waals surface area contributed by atoms with Gasteiger partial charge in [0.2, 0.25) is 0 Å². The molecule has 0 aromatic carbocycles. The zero-order valence-electron chi connectivity index (χ0n) is 8.32. The van der Waals surface area contributed by atoms with E-state index in [1.165, 1.54) is 6.42 Å². The average molecular weight is 226 g/mol. The van der Waals surface area contributed by atoms with Crippen molar-refractivity contribution in [2.45, 2.75) is 56.4 Å². The highest BCUT2D eigenvalue weighted by molar-refractivity contribution is 5.85. The second-order valence-corrected chi connectivity index (χ2v) is 4.55. The minimum atomic E-state index is -2.41. The number of rotatable bonds is 0. The van der Waals surface area contributed by atoms with Crippen molar-refractivity contribution >= 4 is 12.4 Å². The Bertz CT molecular complexity index is 185. The zero-order chi connectivity index (χ0) is 9.36. The second kappa shape index (κ2) is 4.31. The number of hydrogen-bond acceptors (Lipinski definition) is 1. The van der Waals surface area contributed by atoms with E-state index >= 15 is 0 Å². The van der Waals surface area contributed by atoms with E-state index < -0.39 is 5.92 Å². The number of nitrogens with one attached hydrogen (secondary N) is 1. The molecule has 2 aliphatic rings. The van der Waals surface area contributed by atoms with E-state index in [0.29, 0.717) is 6.54 Å². The molecule has 1 aliphatic heterocycles. The highest BCUT2D eigenvalue weighted by Crippen LogP contribution is 2.40. The van der Waals surface area contributed by atoms with Crippen LogP contribution in [0.15, 0.2) is 0 Å². The Morgan fingerprint density at radius 3 is 2.14 bits per heavy atom. The molecule has 0 atom stereocenters. The van der Waals surface area contributed by atoms with E-state index in [2.05, 4.69) is 5.32 Å². The summed E-state index contributed by atoms with van der Waals surface area (Å²) in [7, 11) is 0. The van der Waals surface area contributed by atoms with Gasteiger partial charge in [-0.2, -0.15) is 0 Å². The van der Waals surface area contributed by atoms with Gasteiger partial charge < -0.3 is 5.32 Å². The molecule has 0 bridgehead atoms. The summed E-state index contributed by atoms with van der Waals surface area (Å²) in [4.78, 5) is 0. The van der Waals surface area contributed by atoms with Crippen LogP contribution < -0.4 is 5.32 Å². The second-order valence-electron chi connectivity index (χ2n) is 4.55. The van der Waals surface area contributed by atoms with Crippen LogP contribution in [0.4, 0.5) is 8.78 Å². The fourth-order valence-corrected chi connectivity index (χ4v) is 2.74. The standard InChI is InChI=1S/C10H17F2N.ClH/c11-10(12)6-7-13-9(8-10)4-2-1-3-5-9;/h13H,1-8H2;1H. The van der Waals surface area contributed by atoms with Crippen molar-refractivity contribution in [1.29, 1.82) is 0 Å². The molecule has 84 valence electrons. The summed E-state index contributed by atoms with van der Waals surface area (Å²) in [6.45, 7) is 0.493. The Morgan fingerprint density at radius 2 is 1.57 bits per heavy atom. The summed E-state index contributed by atoms with van der Waals surface area (Å²) in [6, 6.07) is 0. The van der Waals surface area contributed by atoms with Crippen LogP contribution >= 0.6 is 12.4 Å². The SMILES string of the molecule is Cl.FC1(F)CCNC2(CCCCC2)C1. The van der Waals surface area contributed by atoms with Gasteiger partial charge in [0.15, 0.2) is 0 Å². The monoisotopic (exact) mass is 225 g/mol. The summed E-state index contributed by atoms with van der Waals surface area (Å²) in [5.74, 6) is -2.41. The largest absolute Gasteiger partial charge is 0.311 e. The fraction of sp³-hybridized carbons (Fsp3) is 1.00. The van der Waals surface area contributed by atoms with Crippen LogP contribution in [0.2, 0.25) is 0 Å². The molecule has 1 spiro atoms. The lowest BCUT2D eigenvalue weighted by molar-refractivity contribution is -0.0705. The first-order valence-corrected chi connectivity index (χ1v) is 5.25. The third-order valence-electron chi connectivity index (χ3n) is 3.40. The van der Waals surface area contributed by atoms with Crippen LogP contribution in [0.25, 0.3) is 0 Å². The normalized spacial score (nSPS) is 29.6. The van der Waals surface area contributed by atoms with Gasteiger partial charge in [0.25, 0.3) is 5.92 Å². The topological polar surface area (TPSA) is 12.0 Å². The lowest BCUT2D eigenvalue weighted by Gasteiger charge is -2.44. The fourth-order valence-electron chi connectivity index (χ4n) is 2.74. The van der Waals surface area contributed by atoms with E-state index in [9.17, 15) is 8.78 Å². The van der Waals surface area contributed by atoms with Crippen LogP contribution in [0.5, 0.6) is 0 Å². The molecule has 14 heavy (non-hydrogen) atoms. The van der Waals surface area contributed by atoms with Crippen LogP contribution in [-0.4, -0.2) is 18.0 Å². The van der Waals surface area contributed by atoms with E-state index in [4.69, 9.17) is 0 Å². The van der Waals surface area contributed by atoms with Crippen LogP contribution in [-0.2, 0) is 0 Å². The molecule has 1 saturated carbocycles. The zero-order valence-corrected chi connectivity index (χ0v) is 9.14. The molecule has 1 heterocycles. The maximum Gasteiger partial charge on any atom is 0.251 e. The van der Waals surface area contributed by atoms with Crippen LogP contribution in [0, 0.1) is 0 Å². The average Bonchev–Trinajstić information content (AvgIpc) is 2.03. The van der Waals surface area contributed by atoms with Crippen molar-refractivity contribution < 1.29 is 8.78 Å². The van der Waals surface area contributed by atoms with Crippen molar-refractivity contribution in [3.8, 4) is 0 Å². The molecule has 1 saturated heterocycles. The summed E-state index contributed by atoms with van der Waals surface area (Å²) in [6.07, 6.45) is 5.43. The maximum absolute atomic E-state index is 13.2. The van der Waals surface area contributed by atoms with Gasteiger partial charge in [0.05, 0.1) is 0 Å². The predicted octanol–water partition coefficient (Wildman–Crippen LogP) is 3.13. The molecule has 0 radical (unpaired) electrons. The lowest BCUT2D eigenvalue weighted by Crippen LogP contribution is -2.55. The van der Waals surface area contributed by atoms with Gasteiger partial charge in [0, 0.05) is 24.9 Å². The lowest BCUT2D eigenvalue weighted by atomic mass is 9.75. The summed E-state index contributed by atoms with van der Waals surface area (Å²) in [5.41, 5.74) is -0.208. The number of alkyl halides is 2. The van der Waals surface area contributed by atoms with Crippen molar-refractivity contribution in [1.82, 2.24) is 5.32 Å². The molecule has 0 unspecified atom stereocenters. The predicted molar refractivity (Wildman–Crippen MR) is 55.2 cm³/mol. The van der Waals surface area contributed by atoms with E-state index in [1.807, 2.05) is 0 Å². The molecule has 2 fully saturated rings. The number of hydrogen-bond donors (Lipinski definition) is 1. The first kappa shape index (κ1) is 12.2. The molecule has 1 N–H and O–H groups in total. The Labute approximate surface area is 90.0 Å². The van der Waals surface area contributed by atoms with E-state index in [-0.39, 0.29) is 30.8 Å². The number of halogens is 3. The Morgan fingerprint density at radius 1 is 0.929 bits per heavy atom. The maximum atomic E-state index is 13.2. The first-order valence-electron chi connectivity index (χ1n) is 5.25. The molecule has 0 aromatic heterocycles. The minimum absolute atomic E-state index is 0. The van der Waals surface area contributed by atoms with Crippen molar-refractivity contribution in [2.24, 2.45) is 0 Å². The summed E-state index contributed by atoms with van der Waals surface area (Å²) in [5, 5.41) is 3.31. The van der Waals surface area contributed by atoms with Crippen molar-refractivity contribution in [3.63, 3.8) is 0 Å². The molecular weight excluding hydrogens is 208 g/mol. The highest BCUT2D eigenvalue weighted by atomic mass is 35.5. The van der Waals surface area contributed by atoms with Gasteiger partial charge in [-0.1, -0.05) is 19.3 Å². The van der Waals surface area contributed by atoms with Gasteiger partial charge >= 0.3 is 0 Å². The van der Waals surface area contributed by atoms with Gasteiger partial charge in [-0.15, -0.1) is 12.4 Å². The molecule has 1 nitrogen and oxygen atoms in total. The first-order chi connectivity index (χ1) is 6.12. The molecule has 2 rings (SSSR count). The van der Waals surface area contributed by atoms with Crippen molar-refractivity contribution in [3.05, 3.63) is 0 Å². The molecular formula is C10H18ClF2N. The van der Waals surface area contributed by atoms with E-state index in [0.717, 1.165) is 25.7 Å². The van der Waals surface area contributed by atoms with Crippen LogP contribution in [0.1, 0.15) is 44.9 Å². The molecule has 0 aromatic rings. The smallest absolute Gasteiger partial charge is 0.251 e. The van der Waals surface area contributed by atoms with Crippen molar-refractivity contribution in [2.75, 3.05) is 6.54 Å². The third-order valence-corrected chi connectivity index (χ3v) is 3.40.